The van der Waals surface area contributed by atoms with Gasteiger partial charge in [-0.15, -0.1) is 0 Å². The quantitative estimate of drug-likeness (QED) is 0.627. The molecule has 0 aliphatic rings. The lowest BCUT2D eigenvalue weighted by Crippen LogP contribution is -2.15. The molecule has 0 aliphatic heterocycles. The molecular formula is C9H9NO2. The van der Waals surface area contributed by atoms with Gasteiger partial charge in [-0.2, -0.15) is 5.26 Å². The molecule has 0 aromatic heterocycles. The summed E-state index contributed by atoms with van der Waals surface area (Å²) in [7, 11) is 0. The first-order valence-corrected chi connectivity index (χ1v) is 3.56. The third-order valence-electron chi connectivity index (χ3n) is 1.57. The van der Waals surface area contributed by atoms with E-state index in [-0.39, 0.29) is 0 Å². The van der Waals surface area contributed by atoms with Crippen LogP contribution in [0.2, 0.25) is 0 Å². The highest BCUT2D eigenvalue weighted by Gasteiger charge is 2.16. The van der Waals surface area contributed by atoms with Crippen LogP contribution in [0.1, 0.15) is 11.7 Å². The molecule has 1 aromatic carbocycles. The van der Waals surface area contributed by atoms with Gasteiger partial charge in [0.1, 0.15) is 6.10 Å². The molecule has 1 rings (SSSR count). The molecule has 2 atom stereocenters. The summed E-state index contributed by atoms with van der Waals surface area (Å²) in [5.74, 6) is 0. The summed E-state index contributed by atoms with van der Waals surface area (Å²) in [6, 6.07) is 10.2. The van der Waals surface area contributed by atoms with Crippen LogP contribution in [-0.4, -0.2) is 16.3 Å². The standard InChI is InChI=1S/C9H9NO2/c10-6-8(11)9(12)7-4-2-1-3-5-7/h1-5,8-9,11-12H/t8-,9-/m1/s1. The van der Waals surface area contributed by atoms with Crippen molar-refractivity contribution >= 4 is 0 Å². The Bertz CT molecular complexity index is 278. The van der Waals surface area contributed by atoms with E-state index in [0.717, 1.165) is 0 Å². The summed E-state index contributed by atoms with van der Waals surface area (Å²) in [6.45, 7) is 0. The van der Waals surface area contributed by atoms with E-state index in [9.17, 15) is 5.11 Å². The largest absolute Gasteiger partial charge is 0.385 e. The van der Waals surface area contributed by atoms with Gasteiger partial charge in [0.25, 0.3) is 0 Å². The molecule has 0 unspecified atom stereocenters. The molecule has 0 bridgehead atoms. The maximum absolute atomic E-state index is 9.32. The van der Waals surface area contributed by atoms with Crippen molar-refractivity contribution in [3.63, 3.8) is 0 Å². The fourth-order valence-electron chi connectivity index (χ4n) is 0.903. The van der Waals surface area contributed by atoms with Crippen LogP contribution in [0.25, 0.3) is 0 Å². The average molecular weight is 163 g/mol. The summed E-state index contributed by atoms with van der Waals surface area (Å²) < 4.78 is 0. The van der Waals surface area contributed by atoms with Gasteiger partial charge in [0.15, 0.2) is 6.10 Å². The Kier molecular flexibility index (Phi) is 2.81. The molecule has 0 radical (unpaired) electrons. The van der Waals surface area contributed by atoms with Gasteiger partial charge in [-0.1, -0.05) is 30.3 Å². The number of rotatable bonds is 2. The van der Waals surface area contributed by atoms with Crippen LogP contribution in [-0.2, 0) is 0 Å². The first kappa shape index (κ1) is 8.72. The van der Waals surface area contributed by atoms with E-state index in [4.69, 9.17) is 10.4 Å². The number of benzene rings is 1. The molecule has 0 saturated heterocycles. The zero-order chi connectivity index (χ0) is 8.97. The van der Waals surface area contributed by atoms with Gasteiger partial charge in [-0.05, 0) is 5.56 Å². The molecule has 12 heavy (non-hydrogen) atoms. The summed E-state index contributed by atoms with van der Waals surface area (Å²) in [5, 5.41) is 26.6. The smallest absolute Gasteiger partial charge is 0.170 e. The van der Waals surface area contributed by atoms with E-state index in [0.29, 0.717) is 5.56 Å². The first-order valence-electron chi connectivity index (χ1n) is 3.56. The molecule has 0 spiro atoms. The Morgan fingerprint density at radius 2 is 1.75 bits per heavy atom. The highest BCUT2D eigenvalue weighted by atomic mass is 16.3. The van der Waals surface area contributed by atoms with E-state index in [1.54, 1.807) is 36.4 Å². The van der Waals surface area contributed by atoms with Crippen molar-refractivity contribution in [2.24, 2.45) is 0 Å². The summed E-state index contributed by atoms with van der Waals surface area (Å²) in [4.78, 5) is 0. The van der Waals surface area contributed by atoms with Crippen LogP contribution < -0.4 is 0 Å². The minimum absolute atomic E-state index is 0.548. The monoisotopic (exact) mass is 163 g/mol. The van der Waals surface area contributed by atoms with Gasteiger partial charge in [-0.25, -0.2) is 0 Å². The predicted molar refractivity (Wildman–Crippen MR) is 43.0 cm³/mol. The lowest BCUT2D eigenvalue weighted by atomic mass is 10.1. The van der Waals surface area contributed by atoms with Crippen molar-refractivity contribution in [1.29, 1.82) is 5.26 Å². The van der Waals surface area contributed by atoms with Gasteiger partial charge < -0.3 is 10.2 Å². The number of hydrogen-bond donors (Lipinski definition) is 2. The van der Waals surface area contributed by atoms with Crippen molar-refractivity contribution in [2.75, 3.05) is 0 Å². The van der Waals surface area contributed by atoms with Crippen LogP contribution >= 0.6 is 0 Å². The van der Waals surface area contributed by atoms with Crippen LogP contribution in [0.3, 0.4) is 0 Å². The van der Waals surface area contributed by atoms with Crippen molar-refractivity contribution in [2.45, 2.75) is 12.2 Å². The molecule has 62 valence electrons. The van der Waals surface area contributed by atoms with Crippen LogP contribution in [0.4, 0.5) is 0 Å². The molecule has 0 amide bonds. The third-order valence-corrected chi connectivity index (χ3v) is 1.57. The number of aliphatic hydroxyl groups is 2. The average Bonchev–Trinajstić information content (AvgIpc) is 2.17. The van der Waals surface area contributed by atoms with Crippen LogP contribution in [0.5, 0.6) is 0 Å². The van der Waals surface area contributed by atoms with Crippen molar-refractivity contribution in [3.8, 4) is 6.07 Å². The lowest BCUT2D eigenvalue weighted by Gasteiger charge is -2.10. The minimum atomic E-state index is -1.35. The third kappa shape index (κ3) is 1.82. The molecule has 0 fully saturated rings. The van der Waals surface area contributed by atoms with Gasteiger partial charge in [0.05, 0.1) is 6.07 Å². The molecular weight excluding hydrogens is 154 g/mol. The summed E-state index contributed by atoms with van der Waals surface area (Å²) >= 11 is 0. The summed E-state index contributed by atoms with van der Waals surface area (Å²) in [5.41, 5.74) is 0.548. The van der Waals surface area contributed by atoms with E-state index in [2.05, 4.69) is 0 Å². The maximum atomic E-state index is 9.32. The fraction of sp³-hybridized carbons (Fsp3) is 0.222. The zero-order valence-corrected chi connectivity index (χ0v) is 6.38. The normalized spacial score (nSPS) is 14.8. The molecule has 3 heteroatoms. The lowest BCUT2D eigenvalue weighted by molar-refractivity contribution is 0.0528. The van der Waals surface area contributed by atoms with Gasteiger partial charge >= 0.3 is 0 Å². The number of nitriles is 1. The Balaban J connectivity index is 2.80. The highest BCUT2D eigenvalue weighted by Crippen LogP contribution is 2.15. The molecule has 2 N–H and O–H groups in total. The van der Waals surface area contributed by atoms with Crippen molar-refractivity contribution < 1.29 is 10.2 Å². The van der Waals surface area contributed by atoms with E-state index in [1.165, 1.54) is 0 Å². The zero-order valence-electron chi connectivity index (χ0n) is 6.38. The molecule has 0 saturated carbocycles. The van der Waals surface area contributed by atoms with Crippen LogP contribution in [0, 0.1) is 11.3 Å². The maximum Gasteiger partial charge on any atom is 0.170 e. The Labute approximate surface area is 70.5 Å². The van der Waals surface area contributed by atoms with Crippen LogP contribution in [0.15, 0.2) is 30.3 Å². The fourth-order valence-corrected chi connectivity index (χ4v) is 0.903. The number of hydrogen-bond acceptors (Lipinski definition) is 3. The van der Waals surface area contributed by atoms with Crippen molar-refractivity contribution in [3.05, 3.63) is 35.9 Å². The molecule has 1 aromatic rings. The highest BCUT2D eigenvalue weighted by molar-refractivity contribution is 5.19. The second kappa shape index (κ2) is 3.86. The number of nitrogens with zero attached hydrogens (tertiary/aromatic N) is 1. The Morgan fingerprint density at radius 1 is 1.17 bits per heavy atom. The predicted octanol–water partition coefficient (Wildman–Crippen LogP) is 0.604. The SMILES string of the molecule is N#C[C@@H](O)[C@H](O)c1ccccc1. The first-order chi connectivity index (χ1) is 5.75. The second-order valence-corrected chi connectivity index (χ2v) is 2.43. The Morgan fingerprint density at radius 3 is 2.25 bits per heavy atom. The topological polar surface area (TPSA) is 64.2 Å². The summed E-state index contributed by atoms with van der Waals surface area (Å²) in [6.07, 6.45) is -2.47. The minimum Gasteiger partial charge on any atom is -0.385 e. The molecule has 3 nitrogen and oxygen atoms in total. The van der Waals surface area contributed by atoms with E-state index in [1.807, 2.05) is 0 Å². The van der Waals surface area contributed by atoms with Gasteiger partial charge in [-0.3, -0.25) is 0 Å². The van der Waals surface area contributed by atoms with Gasteiger partial charge in [0.2, 0.25) is 0 Å². The number of aliphatic hydroxyl groups excluding tert-OH is 2. The van der Waals surface area contributed by atoms with Gasteiger partial charge in [0, 0.05) is 0 Å². The van der Waals surface area contributed by atoms with Crippen molar-refractivity contribution in [1.82, 2.24) is 0 Å². The molecule has 0 aliphatic carbocycles. The second-order valence-electron chi connectivity index (χ2n) is 2.43. The Hall–Kier alpha value is -1.37. The van der Waals surface area contributed by atoms with E-state index >= 15 is 0 Å². The molecule has 0 heterocycles. The van der Waals surface area contributed by atoms with E-state index < -0.39 is 12.2 Å².